The average molecular weight is 370 g/mol. The number of halogens is 3. The van der Waals surface area contributed by atoms with Crippen LogP contribution in [-0.4, -0.2) is 35.8 Å². The number of ether oxygens (including phenoxy) is 3. The van der Waals surface area contributed by atoms with Gasteiger partial charge in [-0.2, -0.15) is 5.10 Å². The third-order valence-corrected chi connectivity index (χ3v) is 3.99. The van der Waals surface area contributed by atoms with E-state index in [0.717, 1.165) is 38.5 Å². The molecule has 1 unspecified atom stereocenters. The van der Waals surface area contributed by atoms with E-state index in [2.05, 4.69) is 14.6 Å². The summed E-state index contributed by atoms with van der Waals surface area (Å²) in [7, 11) is 1.16. The van der Waals surface area contributed by atoms with Crippen LogP contribution in [0.4, 0.5) is 13.2 Å². The number of benzene rings is 1. The highest BCUT2D eigenvalue weighted by molar-refractivity contribution is 5.97. The second kappa shape index (κ2) is 7.36. The molecule has 0 aliphatic carbocycles. The summed E-state index contributed by atoms with van der Waals surface area (Å²) in [5.41, 5.74) is 0.921. The second-order valence-corrected chi connectivity index (χ2v) is 5.78. The van der Waals surface area contributed by atoms with E-state index in [1.807, 2.05) is 0 Å². The number of esters is 1. The summed E-state index contributed by atoms with van der Waals surface area (Å²) in [4.78, 5) is 12.0. The van der Waals surface area contributed by atoms with E-state index in [9.17, 15) is 18.0 Å². The molecule has 1 atom stereocenters. The number of rotatable bonds is 4. The fourth-order valence-corrected chi connectivity index (χ4v) is 2.82. The molecule has 6 nitrogen and oxygen atoms in total. The number of alkyl halides is 3. The lowest BCUT2D eigenvalue weighted by molar-refractivity contribution is -0.274. The number of carbonyl (C=O) groups is 1. The molecule has 9 heteroatoms. The minimum Gasteiger partial charge on any atom is -0.465 e. The van der Waals surface area contributed by atoms with Crippen LogP contribution in [0.25, 0.3) is 11.1 Å². The number of nitrogens with zero attached hydrogens (tertiary/aromatic N) is 2. The minimum atomic E-state index is -4.85. The van der Waals surface area contributed by atoms with Gasteiger partial charge in [0.05, 0.1) is 18.9 Å². The molecule has 2 aromatic rings. The number of aromatic nitrogens is 2. The van der Waals surface area contributed by atoms with Gasteiger partial charge in [0.2, 0.25) is 0 Å². The van der Waals surface area contributed by atoms with Crippen molar-refractivity contribution in [2.75, 3.05) is 13.7 Å². The Morgan fingerprint density at radius 3 is 2.81 bits per heavy atom. The van der Waals surface area contributed by atoms with E-state index >= 15 is 0 Å². The molecule has 1 aromatic heterocycles. The normalized spacial score (nSPS) is 17.8. The van der Waals surface area contributed by atoms with Gasteiger partial charge in [-0.15, -0.1) is 13.2 Å². The monoisotopic (exact) mass is 370 g/mol. The molecule has 3 rings (SSSR count). The molecular formula is C17H17F3N2O4. The van der Waals surface area contributed by atoms with Crippen LogP contribution < -0.4 is 4.74 Å². The molecule has 140 valence electrons. The lowest BCUT2D eigenvalue weighted by Crippen LogP contribution is -2.18. The van der Waals surface area contributed by atoms with Gasteiger partial charge in [-0.3, -0.25) is 0 Å². The summed E-state index contributed by atoms with van der Waals surface area (Å²) in [5, 5.41) is 4.25. The van der Waals surface area contributed by atoms with Crippen LogP contribution in [-0.2, 0) is 9.47 Å². The van der Waals surface area contributed by atoms with Gasteiger partial charge in [0.25, 0.3) is 0 Å². The molecule has 0 amide bonds. The first-order valence-corrected chi connectivity index (χ1v) is 8.01. The molecule has 2 heterocycles. The Kier molecular flexibility index (Phi) is 5.17. The van der Waals surface area contributed by atoms with Crippen molar-refractivity contribution in [3.8, 4) is 16.9 Å². The summed E-state index contributed by atoms with van der Waals surface area (Å²) in [6.45, 7) is 0.650. The summed E-state index contributed by atoms with van der Waals surface area (Å²) >= 11 is 0. The van der Waals surface area contributed by atoms with Crippen molar-refractivity contribution in [1.29, 1.82) is 0 Å². The van der Waals surface area contributed by atoms with Crippen LogP contribution >= 0.6 is 0 Å². The molecule has 0 saturated carbocycles. The Bertz CT molecular complexity index is 783. The van der Waals surface area contributed by atoms with Crippen LogP contribution in [0, 0.1) is 0 Å². The largest absolute Gasteiger partial charge is 0.573 e. The molecule has 0 spiro atoms. The lowest BCUT2D eigenvalue weighted by atomic mass is 10.0. The summed E-state index contributed by atoms with van der Waals surface area (Å²) in [5.74, 6) is -1.26. The third kappa shape index (κ3) is 4.16. The van der Waals surface area contributed by atoms with Gasteiger partial charge in [0, 0.05) is 18.4 Å². The summed E-state index contributed by atoms with van der Waals surface area (Å²) < 4.78 is 53.1. The quantitative estimate of drug-likeness (QED) is 0.763. The number of hydrogen-bond acceptors (Lipinski definition) is 5. The van der Waals surface area contributed by atoms with E-state index in [0.29, 0.717) is 17.7 Å². The maximum atomic E-state index is 12.4. The third-order valence-electron chi connectivity index (χ3n) is 3.99. The maximum absolute atomic E-state index is 12.4. The second-order valence-electron chi connectivity index (χ2n) is 5.78. The SMILES string of the molecule is COC(=O)c1cc(OC(F)(F)F)ccc1-c1cnn(C2CCCCO2)c1. The van der Waals surface area contributed by atoms with Crippen LogP contribution in [0.15, 0.2) is 30.6 Å². The van der Waals surface area contributed by atoms with Crippen LogP contribution in [0.2, 0.25) is 0 Å². The van der Waals surface area contributed by atoms with Gasteiger partial charge >= 0.3 is 12.3 Å². The smallest absolute Gasteiger partial charge is 0.465 e. The first-order valence-electron chi connectivity index (χ1n) is 8.01. The first kappa shape index (κ1) is 18.2. The van der Waals surface area contributed by atoms with Crippen molar-refractivity contribution >= 4 is 5.97 Å². The molecule has 0 radical (unpaired) electrons. The Morgan fingerprint density at radius 1 is 1.35 bits per heavy atom. The van der Waals surface area contributed by atoms with Crippen molar-refractivity contribution in [3.63, 3.8) is 0 Å². The van der Waals surface area contributed by atoms with Gasteiger partial charge < -0.3 is 14.2 Å². The topological polar surface area (TPSA) is 62.6 Å². The average Bonchev–Trinajstić information content (AvgIpc) is 3.10. The van der Waals surface area contributed by atoms with Gasteiger partial charge in [-0.05, 0) is 43.0 Å². The molecule has 0 N–H and O–H groups in total. The van der Waals surface area contributed by atoms with Crippen molar-refractivity contribution in [2.45, 2.75) is 31.9 Å². The standard InChI is InChI=1S/C17H17F3N2O4/c1-24-16(23)14-8-12(26-17(18,19)20)5-6-13(14)11-9-21-22(10-11)15-4-2-3-7-25-15/h5-6,8-10,15H,2-4,7H2,1H3. The first-order chi connectivity index (χ1) is 12.4. The molecule has 1 fully saturated rings. The Morgan fingerprint density at radius 2 is 2.15 bits per heavy atom. The van der Waals surface area contributed by atoms with Crippen molar-refractivity contribution in [3.05, 3.63) is 36.2 Å². The Labute approximate surface area is 147 Å². The van der Waals surface area contributed by atoms with Crippen molar-refractivity contribution in [1.82, 2.24) is 9.78 Å². The molecule has 1 saturated heterocycles. The Hall–Kier alpha value is -2.55. The fourth-order valence-electron chi connectivity index (χ4n) is 2.82. The van der Waals surface area contributed by atoms with E-state index < -0.39 is 18.1 Å². The van der Waals surface area contributed by atoms with E-state index in [1.54, 1.807) is 10.9 Å². The van der Waals surface area contributed by atoms with Gasteiger partial charge in [0.15, 0.2) is 0 Å². The highest BCUT2D eigenvalue weighted by atomic mass is 19.4. The highest BCUT2D eigenvalue weighted by Crippen LogP contribution is 2.32. The predicted molar refractivity (Wildman–Crippen MR) is 84.5 cm³/mol. The zero-order valence-electron chi connectivity index (χ0n) is 14.0. The van der Waals surface area contributed by atoms with Crippen LogP contribution in [0.3, 0.4) is 0 Å². The number of carbonyl (C=O) groups excluding carboxylic acids is 1. The van der Waals surface area contributed by atoms with Gasteiger partial charge in [-0.1, -0.05) is 0 Å². The molecule has 0 bridgehead atoms. The van der Waals surface area contributed by atoms with Crippen molar-refractivity contribution in [2.24, 2.45) is 0 Å². The number of methoxy groups -OCH3 is 1. The Balaban J connectivity index is 1.93. The molecule has 1 aromatic carbocycles. The minimum absolute atomic E-state index is 0.0432. The number of hydrogen-bond donors (Lipinski definition) is 0. The zero-order valence-corrected chi connectivity index (χ0v) is 14.0. The summed E-state index contributed by atoms with van der Waals surface area (Å²) in [6.07, 6.45) is 1.04. The van der Waals surface area contributed by atoms with Crippen LogP contribution in [0.1, 0.15) is 35.8 Å². The van der Waals surface area contributed by atoms with Crippen LogP contribution in [0.5, 0.6) is 5.75 Å². The zero-order chi connectivity index (χ0) is 18.7. The maximum Gasteiger partial charge on any atom is 0.573 e. The van der Waals surface area contributed by atoms with Crippen molar-refractivity contribution < 1.29 is 32.2 Å². The molecule has 1 aliphatic heterocycles. The van der Waals surface area contributed by atoms with Gasteiger partial charge in [-0.25, -0.2) is 9.48 Å². The molecule has 26 heavy (non-hydrogen) atoms. The van der Waals surface area contributed by atoms with E-state index in [1.165, 1.54) is 12.3 Å². The molecule has 1 aliphatic rings. The van der Waals surface area contributed by atoms with E-state index in [4.69, 9.17) is 4.74 Å². The lowest BCUT2D eigenvalue weighted by Gasteiger charge is -2.22. The van der Waals surface area contributed by atoms with Gasteiger partial charge in [0.1, 0.15) is 12.0 Å². The summed E-state index contributed by atoms with van der Waals surface area (Å²) in [6, 6.07) is 3.52. The molecular weight excluding hydrogens is 353 g/mol. The van der Waals surface area contributed by atoms with E-state index in [-0.39, 0.29) is 11.8 Å². The fraction of sp³-hybridized carbons (Fsp3) is 0.412. The predicted octanol–water partition coefficient (Wildman–Crippen LogP) is 3.93. The highest BCUT2D eigenvalue weighted by Gasteiger charge is 2.31.